The van der Waals surface area contributed by atoms with Gasteiger partial charge in [0, 0.05) is 22.9 Å². The number of para-hydroxylation sites is 2. The van der Waals surface area contributed by atoms with Gasteiger partial charge in [-0.05, 0) is 42.0 Å². The zero-order chi connectivity index (χ0) is 22.5. The van der Waals surface area contributed by atoms with Gasteiger partial charge in [-0.1, -0.05) is 36.4 Å². The van der Waals surface area contributed by atoms with Crippen LogP contribution in [0, 0.1) is 0 Å². The minimum atomic E-state index is -0.232. The van der Waals surface area contributed by atoms with Crippen LogP contribution < -0.4 is 24.5 Å². The Morgan fingerprint density at radius 3 is 1.97 bits per heavy atom. The number of ether oxygens (including phenoxy) is 4. The van der Waals surface area contributed by atoms with Crippen molar-refractivity contribution in [3.63, 3.8) is 0 Å². The normalized spacial score (nSPS) is 10.5. The van der Waals surface area contributed by atoms with E-state index in [4.69, 9.17) is 18.9 Å². The molecular weight excluding hydrogens is 406 g/mol. The molecule has 0 aliphatic rings. The summed E-state index contributed by atoms with van der Waals surface area (Å²) in [6.07, 6.45) is 1.68. The van der Waals surface area contributed by atoms with Crippen LogP contribution in [-0.4, -0.2) is 26.3 Å². The number of aromatic nitrogens is 1. The molecule has 0 aliphatic heterocycles. The minimum absolute atomic E-state index is 0.232. The topological polar surface area (TPSA) is 69.8 Å². The van der Waals surface area contributed by atoms with Crippen molar-refractivity contribution in [1.82, 2.24) is 4.98 Å². The molecule has 1 heterocycles. The number of hydrogen-bond donors (Lipinski definition) is 1. The van der Waals surface area contributed by atoms with Gasteiger partial charge in [0.1, 0.15) is 11.5 Å². The van der Waals surface area contributed by atoms with Crippen molar-refractivity contribution in [1.29, 1.82) is 0 Å². The second kappa shape index (κ2) is 9.31. The largest absolute Gasteiger partial charge is 0.493 e. The Kier molecular flexibility index (Phi) is 6.12. The van der Waals surface area contributed by atoms with Crippen molar-refractivity contribution < 1.29 is 18.9 Å². The van der Waals surface area contributed by atoms with Crippen LogP contribution in [0.15, 0.2) is 83.8 Å². The number of benzene rings is 3. The molecule has 0 aliphatic carbocycles. The minimum Gasteiger partial charge on any atom is -0.493 e. The third-order valence-electron chi connectivity index (χ3n) is 5.05. The summed E-state index contributed by atoms with van der Waals surface area (Å²) in [5, 5.41) is 0. The van der Waals surface area contributed by atoms with E-state index in [0.29, 0.717) is 34.1 Å². The summed E-state index contributed by atoms with van der Waals surface area (Å²) in [5.41, 5.74) is 2.53. The van der Waals surface area contributed by atoms with E-state index in [9.17, 15) is 4.79 Å². The maximum absolute atomic E-state index is 12.7. The van der Waals surface area contributed by atoms with E-state index in [1.807, 2.05) is 60.7 Å². The van der Waals surface area contributed by atoms with Crippen LogP contribution in [0.1, 0.15) is 0 Å². The zero-order valence-electron chi connectivity index (χ0n) is 18.0. The van der Waals surface area contributed by atoms with E-state index in [1.54, 1.807) is 32.5 Å². The first-order chi connectivity index (χ1) is 15.6. The van der Waals surface area contributed by atoms with Gasteiger partial charge < -0.3 is 23.9 Å². The molecule has 0 spiro atoms. The fourth-order valence-corrected chi connectivity index (χ4v) is 3.50. The maximum atomic E-state index is 12.7. The van der Waals surface area contributed by atoms with Crippen LogP contribution >= 0.6 is 0 Å². The molecule has 0 saturated heterocycles. The molecular formula is C26H23NO5. The van der Waals surface area contributed by atoms with Crippen molar-refractivity contribution >= 4 is 0 Å². The van der Waals surface area contributed by atoms with Crippen molar-refractivity contribution in [2.45, 2.75) is 0 Å². The highest BCUT2D eigenvalue weighted by molar-refractivity contribution is 5.77. The third kappa shape index (κ3) is 4.16. The molecule has 162 valence electrons. The number of hydrogen-bond acceptors (Lipinski definition) is 5. The Balaban J connectivity index is 1.81. The van der Waals surface area contributed by atoms with E-state index in [0.717, 1.165) is 16.9 Å². The van der Waals surface area contributed by atoms with Gasteiger partial charge in [-0.2, -0.15) is 0 Å². The van der Waals surface area contributed by atoms with Gasteiger partial charge in [-0.25, -0.2) is 0 Å². The van der Waals surface area contributed by atoms with Gasteiger partial charge >= 0.3 is 0 Å². The Bertz CT molecular complexity index is 1260. The lowest BCUT2D eigenvalue weighted by molar-refractivity contribution is 0.324. The zero-order valence-corrected chi connectivity index (χ0v) is 18.0. The van der Waals surface area contributed by atoms with Gasteiger partial charge in [-0.3, -0.25) is 4.79 Å². The Hall–Kier alpha value is -4.19. The smallest absolute Gasteiger partial charge is 0.255 e. The number of nitrogens with one attached hydrogen (secondary N) is 1. The van der Waals surface area contributed by atoms with E-state index in [-0.39, 0.29) is 5.56 Å². The van der Waals surface area contributed by atoms with Crippen molar-refractivity contribution in [3.8, 4) is 51.0 Å². The lowest BCUT2D eigenvalue weighted by atomic mass is 10.0. The number of H-pyrrole nitrogens is 1. The quantitative estimate of drug-likeness (QED) is 0.418. The van der Waals surface area contributed by atoms with Crippen LogP contribution in [0.2, 0.25) is 0 Å². The molecule has 0 fully saturated rings. The van der Waals surface area contributed by atoms with E-state index < -0.39 is 0 Å². The van der Waals surface area contributed by atoms with Gasteiger partial charge in [-0.15, -0.1) is 0 Å². The summed E-state index contributed by atoms with van der Waals surface area (Å²) in [4.78, 5) is 15.6. The van der Waals surface area contributed by atoms with Crippen LogP contribution in [0.4, 0.5) is 0 Å². The first kappa shape index (κ1) is 21.1. The van der Waals surface area contributed by atoms with Crippen LogP contribution in [0.5, 0.6) is 28.7 Å². The predicted molar refractivity (Wildman–Crippen MR) is 124 cm³/mol. The Morgan fingerprint density at radius 1 is 0.656 bits per heavy atom. The summed E-state index contributed by atoms with van der Waals surface area (Å²) >= 11 is 0. The van der Waals surface area contributed by atoms with Crippen LogP contribution in [0.3, 0.4) is 0 Å². The maximum Gasteiger partial charge on any atom is 0.255 e. The lowest BCUT2D eigenvalue weighted by Crippen LogP contribution is -2.09. The van der Waals surface area contributed by atoms with Gasteiger partial charge in [0.25, 0.3) is 5.56 Å². The Morgan fingerprint density at radius 2 is 1.31 bits per heavy atom. The summed E-state index contributed by atoms with van der Waals surface area (Å²) in [7, 11) is 4.62. The number of aromatic amines is 1. The molecule has 0 radical (unpaired) electrons. The average molecular weight is 429 g/mol. The summed E-state index contributed by atoms with van der Waals surface area (Å²) < 4.78 is 22.4. The van der Waals surface area contributed by atoms with Gasteiger partial charge in [0.2, 0.25) is 5.75 Å². The summed E-state index contributed by atoms with van der Waals surface area (Å²) in [5.74, 6) is 2.82. The highest BCUT2D eigenvalue weighted by Crippen LogP contribution is 2.41. The van der Waals surface area contributed by atoms with E-state index >= 15 is 0 Å². The molecule has 3 aromatic carbocycles. The third-order valence-corrected chi connectivity index (χ3v) is 5.05. The molecule has 0 saturated carbocycles. The molecule has 0 unspecified atom stereocenters. The van der Waals surface area contributed by atoms with Crippen molar-refractivity contribution in [2.75, 3.05) is 21.3 Å². The number of methoxy groups -OCH3 is 3. The second-order valence-electron chi connectivity index (χ2n) is 6.96. The number of pyridine rings is 1. The SMILES string of the molecule is COc1cc(-c2cc(-c3ccccc3Oc3ccccc3)c[nH]c2=O)cc(OC)c1OC. The monoisotopic (exact) mass is 429 g/mol. The van der Waals surface area contributed by atoms with Crippen LogP contribution in [-0.2, 0) is 0 Å². The van der Waals surface area contributed by atoms with Gasteiger partial charge in [0.15, 0.2) is 11.5 Å². The van der Waals surface area contributed by atoms with Crippen LogP contribution in [0.25, 0.3) is 22.3 Å². The average Bonchev–Trinajstić information content (AvgIpc) is 2.84. The standard InChI is InChI=1S/C26H23NO5/c1-29-23-14-17(15-24(30-2)25(23)31-3)21-13-18(16-27-26(21)28)20-11-7-8-12-22(20)32-19-9-5-4-6-10-19/h4-16H,1-3H3,(H,27,28). The molecule has 1 N–H and O–H groups in total. The molecule has 0 bridgehead atoms. The first-order valence-corrected chi connectivity index (χ1v) is 10.00. The molecule has 0 atom stereocenters. The molecule has 6 heteroatoms. The molecule has 6 nitrogen and oxygen atoms in total. The molecule has 1 aromatic heterocycles. The molecule has 0 amide bonds. The first-order valence-electron chi connectivity index (χ1n) is 10.00. The molecule has 4 aromatic rings. The predicted octanol–water partition coefficient (Wildman–Crippen LogP) is 5.53. The fourth-order valence-electron chi connectivity index (χ4n) is 3.50. The van der Waals surface area contributed by atoms with E-state index in [2.05, 4.69) is 4.98 Å². The lowest BCUT2D eigenvalue weighted by Gasteiger charge is -2.15. The van der Waals surface area contributed by atoms with Gasteiger partial charge in [0.05, 0.1) is 21.3 Å². The van der Waals surface area contributed by atoms with E-state index in [1.165, 1.54) is 7.11 Å². The highest BCUT2D eigenvalue weighted by Gasteiger charge is 2.17. The molecule has 32 heavy (non-hydrogen) atoms. The summed E-state index contributed by atoms with van der Waals surface area (Å²) in [6.45, 7) is 0. The highest BCUT2D eigenvalue weighted by atomic mass is 16.5. The van der Waals surface area contributed by atoms with Crippen molar-refractivity contribution in [3.05, 3.63) is 89.3 Å². The molecule has 4 rings (SSSR count). The number of rotatable bonds is 7. The fraction of sp³-hybridized carbons (Fsp3) is 0.115. The second-order valence-corrected chi connectivity index (χ2v) is 6.96. The summed E-state index contributed by atoms with van der Waals surface area (Å²) in [6, 6.07) is 22.6. The van der Waals surface area contributed by atoms with Crippen molar-refractivity contribution in [2.24, 2.45) is 0 Å². The Labute approximate surface area is 186 Å².